The van der Waals surface area contributed by atoms with E-state index in [2.05, 4.69) is 12.2 Å². The van der Waals surface area contributed by atoms with Gasteiger partial charge in [0.2, 0.25) is 0 Å². The van der Waals surface area contributed by atoms with Crippen molar-refractivity contribution >= 4 is 28.8 Å². The Bertz CT molecular complexity index is 89.7. The van der Waals surface area contributed by atoms with E-state index in [1.165, 1.54) is 5.54 Å². The number of halogens is 1. The molecule has 0 saturated carbocycles. The molecule has 0 rings (SSSR count). The SMILES string of the molecule is NC(=S)CC=CCl. The van der Waals surface area contributed by atoms with Gasteiger partial charge in [-0.05, 0) is 0 Å². The van der Waals surface area contributed by atoms with Crippen LogP contribution in [0.25, 0.3) is 0 Å². The fourth-order valence-electron chi connectivity index (χ4n) is 0.161. The standard InChI is InChI=1S/C4H6ClNS/c5-3-1-2-4(6)7/h1,3H,2H2,(H2,6,7). The van der Waals surface area contributed by atoms with Gasteiger partial charge in [0.1, 0.15) is 0 Å². The second-order valence-corrected chi connectivity index (χ2v) is 1.81. The van der Waals surface area contributed by atoms with Crippen molar-refractivity contribution in [2.45, 2.75) is 6.42 Å². The van der Waals surface area contributed by atoms with Gasteiger partial charge in [0.25, 0.3) is 0 Å². The number of hydrogen-bond acceptors (Lipinski definition) is 1. The summed E-state index contributed by atoms with van der Waals surface area (Å²) in [7, 11) is 0. The largest absolute Gasteiger partial charge is 0.393 e. The second-order valence-electron chi connectivity index (χ2n) is 1.03. The number of hydrogen-bond donors (Lipinski definition) is 1. The van der Waals surface area contributed by atoms with Gasteiger partial charge >= 0.3 is 0 Å². The molecule has 1 nitrogen and oxygen atoms in total. The lowest BCUT2D eigenvalue weighted by molar-refractivity contribution is 1.48. The lowest BCUT2D eigenvalue weighted by Gasteiger charge is -1.82. The second kappa shape index (κ2) is 4.09. The molecular weight excluding hydrogens is 130 g/mol. The molecule has 0 aromatic carbocycles. The Hall–Kier alpha value is -0.0800. The van der Waals surface area contributed by atoms with Crippen LogP contribution < -0.4 is 5.73 Å². The van der Waals surface area contributed by atoms with Crippen LogP contribution in [-0.4, -0.2) is 4.99 Å². The van der Waals surface area contributed by atoms with Crippen LogP contribution in [0.15, 0.2) is 11.6 Å². The summed E-state index contributed by atoms with van der Waals surface area (Å²) in [6, 6.07) is 0. The minimum atomic E-state index is 0.469. The average molecular weight is 136 g/mol. The summed E-state index contributed by atoms with van der Waals surface area (Å²) in [5.41, 5.74) is 6.50. The Kier molecular flexibility index (Phi) is 4.04. The van der Waals surface area contributed by atoms with Crippen LogP contribution in [0.3, 0.4) is 0 Å². The first-order chi connectivity index (χ1) is 3.27. The van der Waals surface area contributed by atoms with Crippen molar-refractivity contribution in [2.24, 2.45) is 5.73 Å². The number of thiocarbonyl (C=S) groups is 1. The van der Waals surface area contributed by atoms with E-state index in [0.717, 1.165) is 0 Å². The van der Waals surface area contributed by atoms with Crippen molar-refractivity contribution in [3.05, 3.63) is 11.6 Å². The third-order valence-electron chi connectivity index (χ3n) is 0.408. The first-order valence-corrected chi connectivity index (χ1v) is 2.65. The van der Waals surface area contributed by atoms with E-state index in [-0.39, 0.29) is 0 Å². The average Bonchev–Trinajstić information content (AvgIpc) is 1.61. The maximum Gasteiger partial charge on any atom is 0.0765 e. The normalized spacial score (nSPS) is 9.86. The van der Waals surface area contributed by atoms with E-state index in [9.17, 15) is 0 Å². The molecule has 0 atom stereocenters. The van der Waals surface area contributed by atoms with Gasteiger partial charge in [-0.1, -0.05) is 29.9 Å². The summed E-state index contributed by atoms with van der Waals surface area (Å²) in [6.07, 6.45) is 2.29. The fraction of sp³-hybridized carbons (Fsp3) is 0.250. The highest BCUT2D eigenvalue weighted by Crippen LogP contribution is 1.84. The quantitative estimate of drug-likeness (QED) is 0.580. The van der Waals surface area contributed by atoms with E-state index in [0.29, 0.717) is 11.4 Å². The molecule has 0 aromatic heterocycles. The minimum Gasteiger partial charge on any atom is -0.393 e. The predicted molar refractivity (Wildman–Crippen MR) is 36.4 cm³/mol. The molecule has 0 radical (unpaired) electrons. The van der Waals surface area contributed by atoms with Gasteiger partial charge in [-0.2, -0.15) is 0 Å². The molecule has 40 valence electrons. The molecule has 0 unspecified atom stereocenters. The van der Waals surface area contributed by atoms with Crippen molar-refractivity contribution in [2.75, 3.05) is 0 Å². The molecule has 2 N–H and O–H groups in total. The van der Waals surface area contributed by atoms with Crippen molar-refractivity contribution in [1.29, 1.82) is 0 Å². The first-order valence-electron chi connectivity index (χ1n) is 1.81. The van der Waals surface area contributed by atoms with E-state index in [1.807, 2.05) is 0 Å². The summed E-state index contributed by atoms with van der Waals surface area (Å²) >= 11 is 9.68. The Morgan fingerprint density at radius 1 is 1.86 bits per heavy atom. The Morgan fingerprint density at radius 2 is 2.43 bits per heavy atom. The van der Waals surface area contributed by atoms with Crippen LogP contribution >= 0.6 is 23.8 Å². The van der Waals surface area contributed by atoms with Gasteiger partial charge in [0.05, 0.1) is 4.99 Å². The Labute approximate surface area is 53.1 Å². The Morgan fingerprint density at radius 3 is 2.57 bits per heavy atom. The van der Waals surface area contributed by atoms with E-state index >= 15 is 0 Å². The molecule has 0 aliphatic rings. The molecule has 0 amide bonds. The van der Waals surface area contributed by atoms with E-state index in [4.69, 9.17) is 17.3 Å². The van der Waals surface area contributed by atoms with Crippen molar-refractivity contribution in [1.82, 2.24) is 0 Å². The predicted octanol–water partition coefficient (Wildman–Crippen LogP) is 1.42. The molecule has 7 heavy (non-hydrogen) atoms. The van der Waals surface area contributed by atoms with Gasteiger partial charge in [-0.25, -0.2) is 0 Å². The summed E-state index contributed by atoms with van der Waals surface area (Å²) < 4.78 is 0. The number of nitrogens with two attached hydrogens (primary N) is 1. The zero-order chi connectivity index (χ0) is 5.70. The molecular formula is C4H6ClNS. The van der Waals surface area contributed by atoms with Crippen LogP contribution in [0.5, 0.6) is 0 Å². The zero-order valence-electron chi connectivity index (χ0n) is 3.73. The van der Waals surface area contributed by atoms with Gasteiger partial charge in [-0.15, -0.1) is 0 Å². The molecule has 0 aromatic rings. The van der Waals surface area contributed by atoms with Crippen LogP contribution in [0.4, 0.5) is 0 Å². The monoisotopic (exact) mass is 135 g/mol. The fourth-order valence-corrected chi connectivity index (χ4v) is 0.346. The van der Waals surface area contributed by atoms with Crippen molar-refractivity contribution in [3.63, 3.8) is 0 Å². The summed E-state index contributed by atoms with van der Waals surface area (Å²) in [4.78, 5) is 0.469. The molecule has 0 saturated heterocycles. The highest BCUT2D eigenvalue weighted by atomic mass is 35.5. The van der Waals surface area contributed by atoms with Crippen LogP contribution in [0.2, 0.25) is 0 Å². The smallest absolute Gasteiger partial charge is 0.0765 e. The molecule has 0 spiro atoms. The van der Waals surface area contributed by atoms with Gasteiger partial charge < -0.3 is 5.73 Å². The molecule has 0 aliphatic heterocycles. The lowest BCUT2D eigenvalue weighted by Crippen LogP contribution is -2.04. The molecule has 0 bridgehead atoms. The van der Waals surface area contributed by atoms with Gasteiger partial charge in [0.15, 0.2) is 0 Å². The maximum absolute atomic E-state index is 5.15. The highest BCUT2D eigenvalue weighted by Gasteiger charge is 1.77. The van der Waals surface area contributed by atoms with E-state index < -0.39 is 0 Å². The third-order valence-corrected chi connectivity index (χ3v) is 0.753. The molecule has 0 fully saturated rings. The summed E-state index contributed by atoms with van der Waals surface area (Å²) in [5.74, 6) is 0. The van der Waals surface area contributed by atoms with E-state index in [1.54, 1.807) is 6.08 Å². The maximum atomic E-state index is 5.15. The van der Waals surface area contributed by atoms with Crippen molar-refractivity contribution < 1.29 is 0 Å². The molecule has 0 aliphatic carbocycles. The molecule has 3 heteroatoms. The number of rotatable bonds is 2. The first kappa shape index (κ1) is 6.92. The highest BCUT2D eigenvalue weighted by molar-refractivity contribution is 7.80. The lowest BCUT2D eigenvalue weighted by atomic mass is 10.4. The van der Waals surface area contributed by atoms with Crippen LogP contribution in [-0.2, 0) is 0 Å². The van der Waals surface area contributed by atoms with Crippen molar-refractivity contribution in [3.8, 4) is 0 Å². The zero-order valence-corrected chi connectivity index (χ0v) is 5.30. The topological polar surface area (TPSA) is 26.0 Å². The van der Waals surface area contributed by atoms with Gasteiger partial charge in [-0.3, -0.25) is 0 Å². The summed E-state index contributed by atoms with van der Waals surface area (Å²) in [6.45, 7) is 0. The summed E-state index contributed by atoms with van der Waals surface area (Å²) in [5, 5.41) is 0. The third kappa shape index (κ3) is 5.92. The molecule has 0 heterocycles. The van der Waals surface area contributed by atoms with Crippen LogP contribution in [0.1, 0.15) is 6.42 Å². The minimum absolute atomic E-state index is 0.469. The van der Waals surface area contributed by atoms with Crippen LogP contribution in [0, 0.1) is 0 Å². The Balaban J connectivity index is 3.14. The van der Waals surface area contributed by atoms with Gasteiger partial charge in [0, 0.05) is 12.0 Å².